The van der Waals surface area contributed by atoms with Gasteiger partial charge in [0.25, 0.3) is 0 Å². The van der Waals surface area contributed by atoms with Gasteiger partial charge >= 0.3 is 6.09 Å². The molecule has 124 valence electrons. The van der Waals surface area contributed by atoms with Gasteiger partial charge in [0.2, 0.25) is 0 Å². The van der Waals surface area contributed by atoms with Gasteiger partial charge in [0.15, 0.2) is 0 Å². The van der Waals surface area contributed by atoms with Crippen LogP contribution in [0.25, 0.3) is 0 Å². The molecule has 0 fully saturated rings. The third kappa shape index (κ3) is 6.20. The van der Waals surface area contributed by atoms with Gasteiger partial charge in [-0.25, -0.2) is 9.18 Å². The predicted molar refractivity (Wildman–Crippen MR) is 84.5 cm³/mol. The van der Waals surface area contributed by atoms with Crippen LogP contribution in [0.3, 0.4) is 0 Å². The van der Waals surface area contributed by atoms with E-state index in [0.717, 1.165) is 0 Å². The molecule has 1 atom stereocenters. The fourth-order valence-corrected chi connectivity index (χ4v) is 2.11. The molecule has 0 aliphatic carbocycles. The Labute approximate surface area is 135 Å². The molecule has 0 bridgehead atoms. The summed E-state index contributed by atoms with van der Waals surface area (Å²) in [6.45, 7) is 6.99. The Morgan fingerprint density at radius 1 is 1.36 bits per heavy atom. The van der Waals surface area contributed by atoms with Crippen LogP contribution in [0, 0.1) is 11.2 Å². The van der Waals surface area contributed by atoms with Crippen LogP contribution in [0.1, 0.15) is 33.3 Å². The molecule has 1 aromatic carbocycles. The molecule has 1 aromatic rings. The summed E-state index contributed by atoms with van der Waals surface area (Å²) in [5.74, 6) is -0.388. The van der Waals surface area contributed by atoms with Crippen LogP contribution in [-0.4, -0.2) is 30.0 Å². The molecule has 0 saturated carbocycles. The van der Waals surface area contributed by atoms with Crippen molar-refractivity contribution < 1.29 is 19.0 Å². The van der Waals surface area contributed by atoms with E-state index in [2.05, 4.69) is 5.32 Å². The summed E-state index contributed by atoms with van der Waals surface area (Å²) < 4.78 is 18.9. The highest BCUT2D eigenvalue weighted by Gasteiger charge is 2.27. The van der Waals surface area contributed by atoms with E-state index in [9.17, 15) is 14.3 Å². The van der Waals surface area contributed by atoms with Crippen molar-refractivity contribution >= 4 is 17.7 Å². The lowest BCUT2D eigenvalue weighted by molar-refractivity contribution is 0.0478. The molecule has 1 amide bonds. The van der Waals surface area contributed by atoms with Crippen molar-refractivity contribution in [2.24, 2.45) is 5.41 Å². The van der Waals surface area contributed by atoms with Crippen molar-refractivity contribution in [1.82, 2.24) is 5.32 Å². The summed E-state index contributed by atoms with van der Waals surface area (Å²) in [7, 11) is 0. The molecule has 0 radical (unpaired) electrons. The van der Waals surface area contributed by atoms with Crippen molar-refractivity contribution in [3.8, 4) is 0 Å². The summed E-state index contributed by atoms with van der Waals surface area (Å²) in [5.41, 5.74) is -0.920. The quantitative estimate of drug-likeness (QED) is 0.867. The molecule has 2 N–H and O–H groups in total. The molecule has 4 nitrogen and oxygen atoms in total. The number of benzene rings is 1. The lowest BCUT2D eigenvalue weighted by Gasteiger charge is -2.29. The van der Waals surface area contributed by atoms with Gasteiger partial charge in [0.1, 0.15) is 11.4 Å². The van der Waals surface area contributed by atoms with E-state index >= 15 is 0 Å². The van der Waals surface area contributed by atoms with Crippen molar-refractivity contribution in [3.63, 3.8) is 0 Å². The standard InChI is InChI=1S/C16H23ClFNO3/c1-15(2,3)22-14(21)19-9-16(4,10-20)8-11-7-12(17)5-6-13(11)18/h5-7,20H,8-10H2,1-4H3,(H,19,21). The topological polar surface area (TPSA) is 58.6 Å². The van der Waals surface area contributed by atoms with E-state index in [4.69, 9.17) is 16.3 Å². The van der Waals surface area contributed by atoms with Gasteiger partial charge < -0.3 is 15.2 Å². The average Bonchev–Trinajstić information content (AvgIpc) is 2.39. The summed E-state index contributed by atoms with van der Waals surface area (Å²) in [5, 5.41) is 12.6. The predicted octanol–water partition coefficient (Wildman–Crippen LogP) is 3.54. The normalized spacial score (nSPS) is 14.3. The van der Waals surface area contributed by atoms with Crippen LogP contribution in [0.5, 0.6) is 0 Å². The molecule has 0 saturated heterocycles. The van der Waals surface area contributed by atoms with Gasteiger partial charge in [-0.2, -0.15) is 0 Å². The van der Waals surface area contributed by atoms with Gasteiger partial charge in [0, 0.05) is 17.0 Å². The molecule has 0 aliphatic rings. The van der Waals surface area contributed by atoms with E-state index in [1.165, 1.54) is 18.2 Å². The third-order valence-electron chi connectivity index (χ3n) is 3.07. The second-order valence-electron chi connectivity index (χ2n) is 6.74. The number of halogens is 2. The van der Waals surface area contributed by atoms with Crippen LogP contribution in [0.4, 0.5) is 9.18 Å². The molecule has 1 unspecified atom stereocenters. The van der Waals surface area contributed by atoms with Crippen LogP contribution in [-0.2, 0) is 11.2 Å². The molecular weight excluding hydrogens is 309 g/mol. The number of nitrogens with one attached hydrogen (secondary N) is 1. The van der Waals surface area contributed by atoms with Crippen molar-refractivity contribution in [1.29, 1.82) is 0 Å². The second kappa shape index (κ2) is 7.29. The highest BCUT2D eigenvalue weighted by Crippen LogP contribution is 2.25. The second-order valence-corrected chi connectivity index (χ2v) is 7.17. The lowest BCUT2D eigenvalue weighted by Crippen LogP contribution is -2.42. The number of rotatable bonds is 5. The molecule has 1 rings (SSSR count). The van der Waals surface area contributed by atoms with E-state index in [1.807, 2.05) is 0 Å². The first-order chi connectivity index (χ1) is 10.0. The van der Waals surface area contributed by atoms with Gasteiger partial charge in [-0.05, 0) is 51.0 Å². The first kappa shape index (κ1) is 18.7. The minimum Gasteiger partial charge on any atom is -0.444 e. The minimum absolute atomic E-state index is 0.157. The molecule has 0 spiro atoms. The van der Waals surface area contributed by atoms with Crippen LogP contribution >= 0.6 is 11.6 Å². The van der Waals surface area contributed by atoms with Crippen LogP contribution in [0.15, 0.2) is 18.2 Å². The number of amides is 1. The van der Waals surface area contributed by atoms with E-state index in [-0.39, 0.29) is 25.4 Å². The number of alkyl carbamates (subject to hydrolysis) is 1. The first-order valence-electron chi connectivity index (χ1n) is 7.06. The fourth-order valence-electron chi connectivity index (χ4n) is 1.91. The van der Waals surface area contributed by atoms with Crippen LogP contribution in [0.2, 0.25) is 5.02 Å². The molecule has 0 heterocycles. The largest absolute Gasteiger partial charge is 0.444 e. The zero-order valence-electron chi connectivity index (χ0n) is 13.4. The zero-order chi connectivity index (χ0) is 17.0. The third-order valence-corrected chi connectivity index (χ3v) is 3.30. The van der Waals surface area contributed by atoms with Crippen molar-refractivity contribution in [3.05, 3.63) is 34.6 Å². The first-order valence-corrected chi connectivity index (χ1v) is 7.44. The smallest absolute Gasteiger partial charge is 0.407 e. The van der Waals surface area contributed by atoms with Crippen molar-refractivity contribution in [2.75, 3.05) is 13.2 Å². The number of carbonyl (C=O) groups is 1. The monoisotopic (exact) mass is 331 g/mol. The maximum absolute atomic E-state index is 13.8. The highest BCUT2D eigenvalue weighted by molar-refractivity contribution is 6.30. The molecule has 0 aromatic heterocycles. The summed E-state index contributed by atoms with van der Waals surface area (Å²) >= 11 is 5.87. The Kier molecular flexibility index (Phi) is 6.20. The summed E-state index contributed by atoms with van der Waals surface area (Å²) in [4.78, 5) is 11.7. The van der Waals surface area contributed by atoms with Gasteiger partial charge in [-0.3, -0.25) is 0 Å². The molecule has 22 heavy (non-hydrogen) atoms. The van der Waals surface area contributed by atoms with E-state index in [1.54, 1.807) is 27.7 Å². The number of aliphatic hydroxyl groups excluding tert-OH is 1. The lowest BCUT2D eigenvalue weighted by atomic mass is 9.84. The van der Waals surface area contributed by atoms with Gasteiger partial charge in [-0.1, -0.05) is 18.5 Å². The minimum atomic E-state index is -0.720. The Balaban J connectivity index is 2.72. The Hall–Kier alpha value is -1.33. The highest BCUT2D eigenvalue weighted by atomic mass is 35.5. The summed E-state index contributed by atoms with van der Waals surface area (Å²) in [6.07, 6.45) is -0.329. The maximum Gasteiger partial charge on any atom is 0.407 e. The molecule has 0 aliphatic heterocycles. The SMILES string of the molecule is CC(CO)(CNC(=O)OC(C)(C)C)Cc1cc(Cl)ccc1F. The number of aliphatic hydroxyl groups is 1. The number of carbonyl (C=O) groups excluding carboxylic acids is 1. The van der Waals surface area contributed by atoms with Gasteiger partial charge in [-0.15, -0.1) is 0 Å². The van der Waals surface area contributed by atoms with Crippen LogP contribution < -0.4 is 5.32 Å². The fraction of sp³-hybridized carbons (Fsp3) is 0.562. The Morgan fingerprint density at radius 3 is 2.55 bits per heavy atom. The van der Waals surface area contributed by atoms with Gasteiger partial charge in [0.05, 0.1) is 6.61 Å². The average molecular weight is 332 g/mol. The Morgan fingerprint density at radius 2 is 2.00 bits per heavy atom. The van der Waals surface area contributed by atoms with E-state index < -0.39 is 17.1 Å². The number of ether oxygens (including phenoxy) is 1. The van der Waals surface area contributed by atoms with E-state index in [0.29, 0.717) is 10.6 Å². The maximum atomic E-state index is 13.8. The number of hydrogen-bond acceptors (Lipinski definition) is 3. The molecular formula is C16H23ClFNO3. The number of hydrogen-bond donors (Lipinski definition) is 2. The summed E-state index contributed by atoms with van der Waals surface area (Å²) in [6, 6.07) is 4.28. The zero-order valence-corrected chi connectivity index (χ0v) is 14.1. The van der Waals surface area contributed by atoms with Crippen molar-refractivity contribution in [2.45, 2.75) is 39.7 Å². The molecule has 6 heteroatoms. The Bertz CT molecular complexity index is 531.